The maximum Gasteiger partial charge on any atom is 0.161 e. The summed E-state index contributed by atoms with van der Waals surface area (Å²) in [5.74, 6) is 1.21. The van der Waals surface area contributed by atoms with Crippen LogP contribution < -0.4 is 9.47 Å². The minimum atomic E-state index is -3.06. The lowest BCUT2D eigenvalue weighted by atomic mass is 9.98. The smallest absolute Gasteiger partial charge is 0.161 e. The van der Waals surface area contributed by atoms with Crippen molar-refractivity contribution in [1.82, 2.24) is 0 Å². The second kappa shape index (κ2) is 6.28. The first-order valence-corrected chi connectivity index (χ1v) is 8.26. The Hall–Kier alpha value is -1.23. The highest BCUT2D eigenvalue weighted by atomic mass is 32.2. The van der Waals surface area contributed by atoms with Crippen molar-refractivity contribution in [2.24, 2.45) is 0 Å². The Balaban J connectivity index is 3.11. The molecule has 2 unspecified atom stereocenters. The van der Waals surface area contributed by atoms with Crippen LogP contribution in [0, 0.1) is 0 Å². The number of hydrogen-bond donors (Lipinski definition) is 0. The fourth-order valence-electron chi connectivity index (χ4n) is 1.89. The lowest BCUT2D eigenvalue weighted by Gasteiger charge is -2.20. The Bertz CT molecular complexity index is 522. The zero-order valence-electron chi connectivity index (χ0n) is 12.1. The SMILES string of the molecule is CCOc1cc(C(C)C(C)S(C)(=O)=O)ccc1OC. The first-order chi connectivity index (χ1) is 8.81. The molecule has 19 heavy (non-hydrogen) atoms. The third-order valence-electron chi connectivity index (χ3n) is 3.39. The molecule has 0 spiro atoms. The summed E-state index contributed by atoms with van der Waals surface area (Å²) in [5, 5.41) is -0.435. The average Bonchev–Trinajstić information content (AvgIpc) is 2.36. The highest BCUT2D eigenvalue weighted by molar-refractivity contribution is 7.91. The molecule has 0 aliphatic heterocycles. The molecule has 1 rings (SSSR count). The lowest BCUT2D eigenvalue weighted by molar-refractivity contribution is 0.310. The van der Waals surface area contributed by atoms with Gasteiger partial charge in [-0.3, -0.25) is 0 Å². The Morgan fingerprint density at radius 2 is 1.84 bits per heavy atom. The van der Waals surface area contributed by atoms with Crippen LogP contribution in [0.5, 0.6) is 11.5 Å². The fourth-order valence-corrected chi connectivity index (χ4v) is 2.79. The van der Waals surface area contributed by atoms with Crippen molar-refractivity contribution in [3.8, 4) is 11.5 Å². The van der Waals surface area contributed by atoms with E-state index in [-0.39, 0.29) is 5.92 Å². The van der Waals surface area contributed by atoms with Gasteiger partial charge in [-0.2, -0.15) is 0 Å². The Kier molecular flexibility index (Phi) is 5.23. The van der Waals surface area contributed by atoms with Gasteiger partial charge in [0.1, 0.15) is 0 Å². The van der Waals surface area contributed by atoms with E-state index in [0.717, 1.165) is 5.56 Å². The van der Waals surface area contributed by atoms with Crippen LogP contribution in [0.4, 0.5) is 0 Å². The molecule has 0 heterocycles. The molecule has 108 valence electrons. The van der Waals surface area contributed by atoms with E-state index in [9.17, 15) is 8.42 Å². The molecule has 2 atom stereocenters. The van der Waals surface area contributed by atoms with E-state index in [4.69, 9.17) is 9.47 Å². The molecular weight excluding hydrogens is 264 g/mol. The van der Waals surface area contributed by atoms with Gasteiger partial charge in [-0.1, -0.05) is 13.0 Å². The number of rotatable bonds is 6. The van der Waals surface area contributed by atoms with Crippen LogP contribution in [0.25, 0.3) is 0 Å². The van der Waals surface area contributed by atoms with Crippen LogP contribution in [0.3, 0.4) is 0 Å². The molecule has 5 heteroatoms. The summed E-state index contributed by atoms with van der Waals surface area (Å²) in [6.45, 7) is 6.07. The summed E-state index contributed by atoms with van der Waals surface area (Å²) >= 11 is 0. The fraction of sp³-hybridized carbons (Fsp3) is 0.571. The molecule has 0 aliphatic rings. The van der Waals surface area contributed by atoms with Gasteiger partial charge in [0.25, 0.3) is 0 Å². The summed E-state index contributed by atoms with van der Waals surface area (Å²) in [6, 6.07) is 5.55. The predicted molar refractivity (Wildman–Crippen MR) is 76.9 cm³/mol. The highest BCUT2D eigenvalue weighted by Crippen LogP contribution is 2.33. The van der Waals surface area contributed by atoms with Crippen LogP contribution >= 0.6 is 0 Å². The topological polar surface area (TPSA) is 52.6 Å². The van der Waals surface area contributed by atoms with Gasteiger partial charge in [0.2, 0.25) is 0 Å². The average molecular weight is 286 g/mol. The van der Waals surface area contributed by atoms with E-state index in [1.54, 1.807) is 14.0 Å². The van der Waals surface area contributed by atoms with E-state index in [2.05, 4.69) is 0 Å². The first-order valence-electron chi connectivity index (χ1n) is 6.30. The van der Waals surface area contributed by atoms with Gasteiger partial charge in [-0.05, 0) is 37.5 Å². The van der Waals surface area contributed by atoms with Crippen molar-refractivity contribution in [1.29, 1.82) is 0 Å². The maximum absolute atomic E-state index is 11.6. The summed E-state index contributed by atoms with van der Waals surface area (Å²) in [5.41, 5.74) is 0.933. The number of ether oxygens (including phenoxy) is 2. The highest BCUT2D eigenvalue weighted by Gasteiger charge is 2.24. The van der Waals surface area contributed by atoms with Crippen LogP contribution in [-0.4, -0.2) is 33.6 Å². The normalized spacial score (nSPS) is 14.8. The molecule has 0 bridgehead atoms. The predicted octanol–water partition coefficient (Wildman–Crippen LogP) is 2.63. The third kappa shape index (κ3) is 3.86. The molecule has 1 aromatic rings. The zero-order chi connectivity index (χ0) is 14.6. The number of benzene rings is 1. The van der Waals surface area contributed by atoms with Crippen molar-refractivity contribution >= 4 is 9.84 Å². The van der Waals surface area contributed by atoms with E-state index in [1.165, 1.54) is 6.26 Å². The van der Waals surface area contributed by atoms with Gasteiger partial charge in [-0.15, -0.1) is 0 Å². The van der Waals surface area contributed by atoms with Gasteiger partial charge < -0.3 is 9.47 Å². The minimum Gasteiger partial charge on any atom is -0.493 e. The van der Waals surface area contributed by atoms with E-state index >= 15 is 0 Å². The van der Waals surface area contributed by atoms with Crippen molar-refractivity contribution < 1.29 is 17.9 Å². The molecule has 0 saturated carbocycles. The van der Waals surface area contributed by atoms with Crippen molar-refractivity contribution in [2.75, 3.05) is 20.0 Å². The summed E-state index contributed by atoms with van der Waals surface area (Å²) < 4.78 is 34.0. The molecule has 0 aromatic heterocycles. The lowest BCUT2D eigenvalue weighted by Crippen LogP contribution is -2.22. The van der Waals surface area contributed by atoms with Crippen molar-refractivity contribution in [3.63, 3.8) is 0 Å². The van der Waals surface area contributed by atoms with Crippen molar-refractivity contribution in [3.05, 3.63) is 23.8 Å². The van der Waals surface area contributed by atoms with Crippen LogP contribution in [0.2, 0.25) is 0 Å². The van der Waals surface area contributed by atoms with Crippen LogP contribution in [-0.2, 0) is 9.84 Å². The monoisotopic (exact) mass is 286 g/mol. The summed E-state index contributed by atoms with van der Waals surface area (Å²) in [4.78, 5) is 0. The number of sulfone groups is 1. The van der Waals surface area contributed by atoms with Crippen molar-refractivity contribution in [2.45, 2.75) is 31.9 Å². The number of methoxy groups -OCH3 is 1. The number of hydrogen-bond acceptors (Lipinski definition) is 4. The maximum atomic E-state index is 11.6. The van der Waals surface area contributed by atoms with Gasteiger partial charge in [0.05, 0.1) is 19.0 Å². The van der Waals surface area contributed by atoms with Gasteiger partial charge >= 0.3 is 0 Å². The molecule has 0 radical (unpaired) electrons. The summed E-state index contributed by atoms with van der Waals surface area (Å²) in [6.07, 6.45) is 1.27. The molecule has 1 aromatic carbocycles. The van der Waals surface area contributed by atoms with E-state index < -0.39 is 15.1 Å². The Morgan fingerprint density at radius 3 is 2.32 bits per heavy atom. The van der Waals surface area contributed by atoms with E-state index in [0.29, 0.717) is 18.1 Å². The van der Waals surface area contributed by atoms with Crippen LogP contribution in [0.15, 0.2) is 18.2 Å². The summed E-state index contributed by atoms with van der Waals surface area (Å²) in [7, 11) is -1.48. The quantitative estimate of drug-likeness (QED) is 0.806. The standard InChI is InChI=1S/C14H22O4S/c1-6-18-14-9-12(7-8-13(14)17-4)10(2)11(3)19(5,15)16/h7-11H,6H2,1-5H3. The molecule has 0 amide bonds. The van der Waals surface area contributed by atoms with E-state index in [1.807, 2.05) is 32.0 Å². The molecule has 0 saturated heterocycles. The molecular formula is C14H22O4S. The van der Waals surface area contributed by atoms with Gasteiger partial charge in [0, 0.05) is 6.26 Å². The molecule has 0 N–H and O–H groups in total. The first kappa shape index (κ1) is 15.8. The van der Waals surface area contributed by atoms with Crippen LogP contribution in [0.1, 0.15) is 32.3 Å². The zero-order valence-corrected chi connectivity index (χ0v) is 13.0. The molecule has 4 nitrogen and oxygen atoms in total. The second-order valence-corrected chi connectivity index (χ2v) is 7.07. The minimum absolute atomic E-state index is 0.0971. The Labute approximate surface area is 115 Å². The van der Waals surface area contributed by atoms with Gasteiger partial charge in [0.15, 0.2) is 21.3 Å². The molecule has 0 aliphatic carbocycles. The Morgan fingerprint density at radius 1 is 1.21 bits per heavy atom. The third-order valence-corrected chi connectivity index (χ3v) is 5.15. The second-order valence-electron chi connectivity index (χ2n) is 4.67. The largest absolute Gasteiger partial charge is 0.493 e. The molecule has 0 fully saturated rings. The van der Waals surface area contributed by atoms with Gasteiger partial charge in [-0.25, -0.2) is 8.42 Å².